The van der Waals surface area contributed by atoms with Crippen LogP contribution in [0.1, 0.15) is 13.8 Å². The molecule has 2 saturated heterocycles. The smallest absolute Gasteiger partial charge is 0.475 e. The number of morpholine rings is 1. The van der Waals surface area contributed by atoms with Gasteiger partial charge >= 0.3 is 24.3 Å². The number of carbonyl (C=O) groups is 3. The molecule has 2 fully saturated rings. The summed E-state index contributed by atoms with van der Waals surface area (Å²) in [7, 11) is 1.66. The summed E-state index contributed by atoms with van der Waals surface area (Å²) in [6, 6.07) is 0.258. The summed E-state index contributed by atoms with van der Waals surface area (Å²) in [6.45, 7) is 7.86. The summed E-state index contributed by atoms with van der Waals surface area (Å²) < 4.78 is 69.3. The number of likely N-dealkylation sites (tertiary alicyclic amines) is 1. The quantitative estimate of drug-likeness (QED) is 0.398. The Bertz CT molecular complexity index is 643. The predicted molar refractivity (Wildman–Crippen MR) is 99.3 cm³/mol. The zero-order valence-corrected chi connectivity index (χ0v) is 18.0. The van der Waals surface area contributed by atoms with Gasteiger partial charge in [-0.15, -0.1) is 0 Å². The maximum Gasteiger partial charge on any atom is 0.490 e. The predicted octanol–water partition coefficient (Wildman–Crippen LogP) is 0.155. The SMILES string of the molecule is CNC(=O)CN1CCO[C@H]2CN(CC(C)(C)O)C[C@H]21.O=C(O)C(F)(F)F.O=C(O)C(F)(F)F. The number of aliphatic carboxylic acids is 2. The Kier molecular flexibility index (Phi) is 11.5. The third-order valence-corrected chi connectivity index (χ3v) is 4.21. The van der Waals surface area contributed by atoms with Crippen LogP contribution in [0.15, 0.2) is 0 Å². The van der Waals surface area contributed by atoms with E-state index in [1.165, 1.54) is 0 Å². The van der Waals surface area contributed by atoms with Crippen LogP contribution < -0.4 is 5.32 Å². The van der Waals surface area contributed by atoms with Gasteiger partial charge in [0.2, 0.25) is 5.91 Å². The van der Waals surface area contributed by atoms with Crippen molar-refractivity contribution < 1.29 is 60.8 Å². The van der Waals surface area contributed by atoms with Crippen LogP contribution in [-0.2, 0) is 19.1 Å². The number of alkyl halides is 6. The molecule has 0 unspecified atom stereocenters. The van der Waals surface area contributed by atoms with Crippen LogP contribution in [0.3, 0.4) is 0 Å². The second kappa shape index (κ2) is 12.3. The molecule has 2 aliphatic rings. The molecule has 16 heteroatoms. The van der Waals surface area contributed by atoms with Crippen molar-refractivity contribution in [1.82, 2.24) is 15.1 Å². The Balaban J connectivity index is 0.000000605. The molecule has 194 valence electrons. The molecule has 0 spiro atoms. The molecule has 0 aliphatic carbocycles. The van der Waals surface area contributed by atoms with E-state index in [-0.39, 0.29) is 18.1 Å². The molecular weight excluding hydrogens is 472 g/mol. The van der Waals surface area contributed by atoms with Gasteiger partial charge in [0.25, 0.3) is 0 Å². The molecule has 4 N–H and O–H groups in total. The van der Waals surface area contributed by atoms with E-state index >= 15 is 0 Å². The van der Waals surface area contributed by atoms with Gasteiger partial charge in [-0.3, -0.25) is 14.6 Å². The number of halogens is 6. The number of β-amino-alcohol motifs (C(OH)–C–C–N with tert-alkyl or cyclic N) is 1. The molecule has 33 heavy (non-hydrogen) atoms. The summed E-state index contributed by atoms with van der Waals surface area (Å²) in [6.07, 6.45) is -10.0. The highest BCUT2D eigenvalue weighted by Crippen LogP contribution is 2.24. The number of amides is 1. The number of nitrogens with one attached hydrogen (secondary N) is 1. The number of aliphatic hydroxyl groups is 1. The van der Waals surface area contributed by atoms with Crippen molar-refractivity contribution in [3.8, 4) is 0 Å². The highest BCUT2D eigenvalue weighted by Gasteiger charge is 2.41. The molecule has 0 aromatic carbocycles. The van der Waals surface area contributed by atoms with Crippen LogP contribution in [0.4, 0.5) is 26.3 Å². The number of carboxylic acid groups (broad SMARTS) is 2. The number of hydrogen-bond acceptors (Lipinski definition) is 7. The second-order valence-corrected chi connectivity index (χ2v) is 7.73. The highest BCUT2D eigenvalue weighted by atomic mass is 19.4. The minimum absolute atomic E-state index is 0.0431. The lowest BCUT2D eigenvalue weighted by molar-refractivity contribution is -0.193. The Hall–Kier alpha value is -2.17. The Morgan fingerprint density at radius 2 is 1.45 bits per heavy atom. The Morgan fingerprint density at radius 3 is 1.82 bits per heavy atom. The molecule has 0 saturated carbocycles. The number of likely N-dealkylation sites (N-methyl/N-ethyl adjacent to an activating group) is 1. The lowest BCUT2D eigenvalue weighted by Crippen LogP contribution is -2.53. The monoisotopic (exact) mass is 499 g/mol. The molecule has 0 bridgehead atoms. The van der Waals surface area contributed by atoms with Crippen LogP contribution >= 0.6 is 0 Å². The van der Waals surface area contributed by atoms with Gasteiger partial charge in [-0.1, -0.05) is 0 Å². The summed E-state index contributed by atoms with van der Waals surface area (Å²) in [4.78, 5) is 33.7. The first-order valence-electron chi connectivity index (χ1n) is 9.39. The Morgan fingerprint density at radius 1 is 1.00 bits per heavy atom. The van der Waals surface area contributed by atoms with Gasteiger partial charge in [-0.25, -0.2) is 9.59 Å². The normalized spacial score (nSPS) is 21.6. The fourth-order valence-electron chi connectivity index (χ4n) is 2.97. The summed E-state index contributed by atoms with van der Waals surface area (Å²) in [5.41, 5.74) is -0.695. The molecule has 0 aromatic heterocycles. The van der Waals surface area contributed by atoms with Gasteiger partial charge in [-0.05, 0) is 13.8 Å². The van der Waals surface area contributed by atoms with Gasteiger partial charge < -0.3 is 25.4 Å². The number of carbonyl (C=O) groups excluding carboxylic acids is 1. The number of hydrogen-bond donors (Lipinski definition) is 4. The molecule has 10 nitrogen and oxygen atoms in total. The van der Waals surface area contributed by atoms with Crippen molar-refractivity contribution in [3.05, 3.63) is 0 Å². The number of carboxylic acids is 2. The van der Waals surface area contributed by atoms with Gasteiger partial charge in [0.1, 0.15) is 0 Å². The lowest BCUT2D eigenvalue weighted by atomic mass is 10.1. The summed E-state index contributed by atoms with van der Waals surface area (Å²) >= 11 is 0. The van der Waals surface area contributed by atoms with Crippen molar-refractivity contribution in [3.63, 3.8) is 0 Å². The topological polar surface area (TPSA) is 140 Å². The summed E-state index contributed by atoms with van der Waals surface area (Å²) in [5.74, 6) is -5.47. The van der Waals surface area contributed by atoms with Crippen molar-refractivity contribution in [2.24, 2.45) is 0 Å². The molecular formula is C17H27F6N3O7. The van der Waals surface area contributed by atoms with E-state index in [0.717, 1.165) is 19.6 Å². The van der Waals surface area contributed by atoms with Crippen LogP contribution in [0, 0.1) is 0 Å². The zero-order chi connectivity index (χ0) is 26.2. The van der Waals surface area contributed by atoms with E-state index in [0.29, 0.717) is 19.7 Å². The minimum atomic E-state index is -5.08. The molecule has 2 heterocycles. The second-order valence-electron chi connectivity index (χ2n) is 7.73. The van der Waals surface area contributed by atoms with Crippen LogP contribution in [0.5, 0.6) is 0 Å². The minimum Gasteiger partial charge on any atom is -0.475 e. The third-order valence-electron chi connectivity index (χ3n) is 4.21. The Labute approximate surface area is 185 Å². The van der Waals surface area contributed by atoms with Crippen molar-refractivity contribution in [2.45, 2.75) is 43.9 Å². The van der Waals surface area contributed by atoms with E-state index in [2.05, 4.69) is 15.1 Å². The van der Waals surface area contributed by atoms with Gasteiger partial charge in [0.15, 0.2) is 0 Å². The van der Waals surface area contributed by atoms with E-state index < -0.39 is 29.9 Å². The molecule has 2 aliphatic heterocycles. The lowest BCUT2D eigenvalue weighted by Gasteiger charge is -2.36. The van der Waals surface area contributed by atoms with Crippen molar-refractivity contribution in [1.29, 1.82) is 0 Å². The molecule has 0 radical (unpaired) electrons. The molecule has 0 aromatic rings. The van der Waals surface area contributed by atoms with E-state index in [1.807, 2.05) is 13.8 Å². The maximum atomic E-state index is 11.5. The number of ether oxygens (including phenoxy) is 1. The first-order valence-corrected chi connectivity index (χ1v) is 9.39. The van der Waals surface area contributed by atoms with Gasteiger partial charge in [0, 0.05) is 33.2 Å². The van der Waals surface area contributed by atoms with Crippen molar-refractivity contribution >= 4 is 17.8 Å². The van der Waals surface area contributed by atoms with E-state index in [9.17, 15) is 36.2 Å². The molecule has 2 rings (SSSR count). The average Bonchev–Trinajstić information content (AvgIpc) is 3.02. The van der Waals surface area contributed by atoms with Crippen LogP contribution in [-0.4, -0.2) is 119 Å². The molecule has 2 atom stereocenters. The number of fused-ring (bicyclic) bond motifs is 1. The standard InChI is InChI=1S/C13H25N3O3.2C2HF3O2/c1-13(2,18)9-15-6-10-11(7-15)19-5-4-16(10)8-12(17)14-3;2*3-2(4,5)1(6)7/h10-11,18H,4-9H2,1-3H3,(H,14,17);2*(H,6,7)/t10-,11+;;/m1../s1. The number of nitrogens with zero attached hydrogens (tertiary/aromatic N) is 2. The van der Waals surface area contributed by atoms with Gasteiger partial charge in [0.05, 0.1) is 30.9 Å². The first-order chi connectivity index (χ1) is 14.8. The van der Waals surface area contributed by atoms with Crippen molar-refractivity contribution in [2.75, 3.05) is 46.4 Å². The average molecular weight is 499 g/mol. The van der Waals surface area contributed by atoms with Crippen LogP contribution in [0.2, 0.25) is 0 Å². The first kappa shape index (κ1) is 30.8. The van der Waals surface area contributed by atoms with Gasteiger partial charge in [-0.2, -0.15) is 26.3 Å². The van der Waals surface area contributed by atoms with E-state index in [4.69, 9.17) is 24.5 Å². The van der Waals surface area contributed by atoms with Crippen LogP contribution in [0.25, 0.3) is 0 Å². The third kappa shape index (κ3) is 12.6. The highest BCUT2D eigenvalue weighted by molar-refractivity contribution is 5.77. The fraction of sp³-hybridized carbons (Fsp3) is 0.824. The maximum absolute atomic E-state index is 11.5. The zero-order valence-electron chi connectivity index (χ0n) is 18.0. The largest absolute Gasteiger partial charge is 0.490 e. The van der Waals surface area contributed by atoms with E-state index in [1.54, 1.807) is 7.05 Å². The fourth-order valence-corrected chi connectivity index (χ4v) is 2.97. The number of rotatable bonds is 4. The molecule has 1 amide bonds. The summed E-state index contributed by atoms with van der Waals surface area (Å²) in [5, 5.41) is 26.8.